The van der Waals surface area contributed by atoms with Crippen LogP contribution in [-0.2, 0) is 11.3 Å². The number of carbonyl (C=O) groups is 2. The first-order valence-corrected chi connectivity index (χ1v) is 10.5. The summed E-state index contributed by atoms with van der Waals surface area (Å²) in [6.07, 6.45) is -1.31. The summed E-state index contributed by atoms with van der Waals surface area (Å²) in [5.41, 5.74) is 6.81. The Morgan fingerprint density at radius 1 is 1.28 bits per heavy atom. The summed E-state index contributed by atoms with van der Waals surface area (Å²) in [4.78, 5) is 29.0. The lowest BCUT2D eigenvalue weighted by atomic mass is 10.0. The number of hydrogen-bond acceptors (Lipinski definition) is 5. The highest BCUT2D eigenvalue weighted by Gasteiger charge is 2.25. The third kappa shape index (κ3) is 4.19. The molecule has 0 fully saturated rings. The number of nitrogens with two attached hydrogens (primary N) is 1. The van der Waals surface area contributed by atoms with E-state index in [0.29, 0.717) is 27.2 Å². The molecule has 11 heteroatoms. The number of rotatable bonds is 6. The summed E-state index contributed by atoms with van der Waals surface area (Å²) in [6, 6.07) is 10.0. The Hall–Kier alpha value is -3.37. The van der Waals surface area contributed by atoms with Gasteiger partial charge in [0, 0.05) is 11.6 Å². The molecule has 0 aliphatic carbocycles. The Kier molecular flexibility index (Phi) is 5.90. The molecule has 164 valence electrons. The number of primary amides is 1. The number of fused-ring (bicyclic) bond motifs is 1. The van der Waals surface area contributed by atoms with Gasteiger partial charge >= 0.3 is 0 Å². The van der Waals surface area contributed by atoms with E-state index in [2.05, 4.69) is 15.4 Å². The van der Waals surface area contributed by atoms with Crippen molar-refractivity contribution in [3.63, 3.8) is 0 Å². The average molecular weight is 476 g/mol. The lowest BCUT2D eigenvalue weighted by Gasteiger charge is -2.11. The molecule has 3 aromatic heterocycles. The second-order valence-corrected chi connectivity index (χ2v) is 8.33. The fourth-order valence-corrected chi connectivity index (χ4v) is 4.43. The van der Waals surface area contributed by atoms with E-state index in [9.17, 15) is 18.4 Å². The minimum Gasteiger partial charge on any atom is -0.365 e. The first-order valence-electron chi connectivity index (χ1n) is 9.34. The number of aryl methyl sites for hydroxylation is 1. The predicted molar refractivity (Wildman–Crippen MR) is 119 cm³/mol. The minimum atomic E-state index is -2.81. The van der Waals surface area contributed by atoms with E-state index in [-0.39, 0.29) is 21.9 Å². The van der Waals surface area contributed by atoms with E-state index in [1.807, 2.05) is 0 Å². The fourth-order valence-electron chi connectivity index (χ4n) is 3.27. The molecular formula is C21H16ClF2N5O2S. The van der Waals surface area contributed by atoms with Gasteiger partial charge in [0.15, 0.2) is 0 Å². The van der Waals surface area contributed by atoms with Crippen LogP contribution in [0.1, 0.15) is 27.5 Å². The smallest absolute Gasteiger partial charge is 0.280 e. The molecule has 32 heavy (non-hydrogen) atoms. The Bertz CT molecular complexity index is 1320. The number of benzene rings is 1. The van der Waals surface area contributed by atoms with Gasteiger partial charge in [-0.2, -0.15) is 5.10 Å². The van der Waals surface area contributed by atoms with Crippen molar-refractivity contribution in [2.24, 2.45) is 5.73 Å². The number of carbonyl (C=O) groups excluding carboxylic acids is 2. The second-order valence-electron chi connectivity index (χ2n) is 6.92. The highest BCUT2D eigenvalue weighted by atomic mass is 35.5. The molecule has 0 atom stereocenters. The van der Waals surface area contributed by atoms with Crippen molar-refractivity contribution < 1.29 is 18.4 Å². The van der Waals surface area contributed by atoms with E-state index >= 15 is 0 Å². The van der Waals surface area contributed by atoms with Crippen molar-refractivity contribution in [3.8, 4) is 11.1 Å². The third-order valence-corrected chi connectivity index (χ3v) is 6.14. The molecular weight excluding hydrogens is 460 g/mol. The van der Waals surface area contributed by atoms with Crippen LogP contribution in [0.25, 0.3) is 21.3 Å². The van der Waals surface area contributed by atoms with Crippen molar-refractivity contribution in [3.05, 3.63) is 63.9 Å². The topological polar surface area (TPSA) is 103 Å². The summed E-state index contributed by atoms with van der Waals surface area (Å²) < 4.78 is 28.4. The second kappa shape index (κ2) is 8.64. The standard InChI is InChI=1S/C21H16ClF2N5O2S/c1-10-13(22)8-29(28-10)9-15(30)27-17-16-12(11-5-3-2-4-6-11)7-14(19(23)24)26-21(16)32-18(17)20(25)31/h2-8,19H,9H2,1H3,(H2,25,31)(H,27,30). The predicted octanol–water partition coefficient (Wildman–Crippen LogP) is 4.80. The molecule has 0 aliphatic rings. The van der Waals surface area contributed by atoms with Crippen LogP contribution in [0.5, 0.6) is 0 Å². The molecule has 2 amide bonds. The molecule has 0 radical (unpaired) electrons. The van der Waals surface area contributed by atoms with Crippen molar-refractivity contribution in [1.29, 1.82) is 0 Å². The van der Waals surface area contributed by atoms with Gasteiger partial charge in [0.25, 0.3) is 12.3 Å². The van der Waals surface area contributed by atoms with Crippen molar-refractivity contribution >= 4 is 50.7 Å². The van der Waals surface area contributed by atoms with Gasteiger partial charge in [-0.25, -0.2) is 13.8 Å². The van der Waals surface area contributed by atoms with E-state index in [1.54, 1.807) is 37.3 Å². The molecule has 4 aromatic rings. The normalized spacial score (nSPS) is 11.3. The van der Waals surface area contributed by atoms with Gasteiger partial charge in [0.2, 0.25) is 5.91 Å². The SMILES string of the molecule is Cc1nn(CC(=O)Nc2c(C(N)=O)sc3nc(C(F)F)cc(-c4ccccc4)c23)cc1Cl. The minimum absolute atomic E-state index is 0.0131. The number of nitrogens with one attached hydrogen (secondary N) is 1. The molecule has 0 spiro atoms. The Morgan fingerprint density at radius 2 is 2.00 bits per heavy atom. The number of pyridine rings is 1. The van der Waals surface area contributed by atoms with Gasteiger partial charge in [-0.05, 0) is 24.1 Å². The number of hydrogen-bond donors (Lipinski definition) is 2. The third-order valence-electron chi connectivity index (χ3n) is 4.67. The Labute approximate surface area is 189 Å². The van der Waals surface area contributed by atoms with Crippen LogP contribution in [0.15, 0.2) is 42.6 Å². The maximum atomic E-state index is 13.5. The first kappa shape index (κ1) is 21.8. The van der Waals surface area contributed by atoms with Crippen LogP contribution in [0, 0.1) is 6.92 Å². The first-order chi connectivity index (χ1) is 15.2. The van der Waals surface area contributed by atoms with Crippen molar-refractivity contribution in [1.82, 2.24) is 14.8 Å². The summed E-state index contributed by atoms with van der Waals surface area (Å²) in [5.74, 6) is -1.30. The number of thiophene rings is 1. The van der Waals surface area contributed by atoms with Gasteiger partial charge in [-0.15, -0.1) is 11.3 Å². The maximum absolute atomic E-state index is 13.5. The molecule has 4 rings (SSSR count). The van der Waals surface area contributed by atoms with E-state index in [1.165, 1.54) is 16.9 Å². The molecule has 0 unspecified atom stereocenters. The quantitative estimate of drug-likeness (QED) is 0.418. The number of halogens is 3. The number of anilines is 1. The molecule has 1 aromatic carbocycles. The molecule has 0 saturated heterocycles. The number of nitrogens with zero attached hydrogens (tertiary/aromatic N) is 3. The Morgan fingerprint density at radius 3 is 2.59 bits per heavy atom. The molecule has 7 nitrogen and oxygen atoms in total. The highest BCUT2D eigenvalue weighted by molar-refractivity contribution is 7.21. The zero-order chi connectivity index (χ0) is 23.0. The highest BCUT2D eigenvalue weighted by Crippen LogP contribution is 2.42. The van der Waals surface area contributed by atoms with Crippen LogP contribution in [0.2, 0.25) is 5.02 Å². The van der Waals surface area contributed by atoms with Gasteiger partial charge in [0.05, 0.1) is 16.4 Å². The average Bonchev–Trinajstić information content (AvgIpc) is 3.27. The van der Waals surface area contributed by atoms with Gasteiger partial charge in [-0.3, -0.25) is 14.3 Å². The van der Waals surface area contributed by atoms with Crippen LogP contribution >= 0.6 is 22.9 Å². The maximum Gasteiger partial charge on any atom is 0.280 e. The van der Waals surface area contributed by atoms with Crippen LogP contribution in [0.3, 0.4) is 0 Å². The number of amides is 2. The monoisotopic (exact) mass is 475 g/mol. The zero-order valence-electron chi connectivity index (χ0n) is 16.6. The summed E-state index contributed by atoms with van der Waals surface area (Å²) in [5, 5.41) is 7.60. The largest absolute Gasteiger partial charge is 0.365 e. The number of alkyl halides is 2. The summed E-state index contributed by atoms with van der Waals surface area (Å²) in [7, 11) is 0. The summed E-state index contributed by atoms with van der Waals surface area (Å²) >= 11 is 6.84. The van der Waals surface area contributed by atoms with E-state index in [0.717, 1.165) is 11.3 Å². The van der Waals surface area contributed by atoms with E-state index in [4.69, 9.17) is 17.3 Å². The molecule has 0 aliphatic heterocycles. The van der Waals surface area contributed by atoms with Crippen LogP contribution < -0.4 is 11.1 Å². The Balaban J connectivity index is 1.85. The summed E-state index contributed by atoms with van der Waals surface area (Å²) in [6.45, 7) is 1.53. The lowest BCUT2D eigenvalue weighted by Crippen LogP contribution is -2.21. The molecule has 0 bridgehead atoms. The zero-order valence-corrected chi connectivity index (χ0v) is 18.2. The van der Waals surface area contributed by atoms with Crippen molar-refractivity contribution in [2.75, 3.05) is 5.32 Å². The van der Waals surface area contributed by atoms with Gasteiger partial charge in [0.1, 0.15) is 21.9 Å². The van der Waals surface area contributed by atoms with E-state index < -0.39 is 23.9 Å². The van der Waals surface area contributed by atoms with Crippen LogP contribution in [0.4, 0.5) is 14.5 Å². The van der Waals surface area contributed by atoms with Gasteiger partial charge < -0.3 is 11.1 Å². The van der Waals surface area contributed by atoms with Gasteiger partial charge in [-0.1, -0.05) is 41.9 Å². The lowest BCUT2D eigenvalue weighted by molar-refractivity contribution is -0.116. The molecule has 3 N–H and O–H groups in total. The molecule has 0 saturated carbocycles. The number of aromatic nitrogens is 3. The fraction of sp³-hybridized carbons (Fsp3) is 0.143. The molecule has 3 heterocycles. The van der Waals surface area contributed by atoms with Crippen molar-refractivity contribution in [2.45, 2.75) is 19.9 Å². The van der Waals surface area contributed by atoms with Crippen LogP contribution in [-0.4, -0.2) is 26.6 Å².